The van der Waals surface area contributed by atoms with Crippen LogP contribution >= 0.6 is 23.4 Å². The third kappa shape index (κ3) is 5.02. The van der Waals surface area contributed by atoms with Crippen molar-refractivity contribution in [3.05, 3.63) is 64.9 Å². The summed E-state index contributed by atoms with van der Waals surface area (Å²) in [4.78, 5) is 19.1. The fourth-order valence-electron chi connectivity index (χ4n) is 2.68. The Balaban J connectivity index is 1.65. The first kappa shape index (κ1) is 19.7. The minimum Gasteiger partial charge on any atom is -0.478 e. The Morgan fingerprint density at radius 1 is 1.30 bits per heavy atom. The largest absolute Gasteiger partial charge is 0.478 e. The van der Waals surface area contributed by atoms with Crippen LogP contribution < -0.4 is 4.74 Å². The summed E-state index contributed by atoms with van der Waals surface area (Å²) in [5.41, 5.74) is -0.211. The molecule has 1 heterocycles. The molecule has 0 bridgehead atoms. The van der Waals surface area contributed by atoms with Gasteiger partial charge in [-0.3, -0.25) is 14.7 Å². The van der Waals surface area contributed by atoms with Gasteiger partial charge in [-0.25, -0.2) is 4.39 Å². The highest BCUT2D eigenvalue weighted by Gasteiger charge is 2.37. The smallest absolute Gasteiger partial charge is 0.272 e. The Hall–Kier alpha value is -2.05. The van der Waals surface area contributed by atoms with Gasteiger partial charge in [-0.2, -0.15) is 0 Å². The lowest BCUT2D eigenvalue weighted by Gasteiger charge is -2.30. The van der Waals surface area contributed by atoms with Crippen LogP contribution in [0.4, 0.5) is 4.39 Å². The van der Waals surface area contributed by atoms with Crippen molar-refractivity contribution in [2.24, 2.45) is 4.99 Å². The number of hydrogen-bond acceptors (Lipinski definition) is 4. The number of aliphatic imine (C=N–C) groups is 1. The maximum Gasteiger partial charge on any atom is 0.272 e. The van der Waals surface area contributed by atoms with Crippen molar-refractivity contribution >= 4 is 34.4 Å². The second-order valence-corrected chi connectivity index (χ2v) is 7.98. The number of amides is 1. The highest BCUT2D eigenvalue weighted by molar-refractivity contribution is 8.13. The van der Waals surface area contributed by atoms with E-state index in [-0.39, 0.29) is 11.7 Å². The van der Waals surface area contributed by atoms with E-state index >= 15 is 0 Å². The molecule has 0 unspecified atom stereocenters. The normalized spacial score (nSPS) is 14.2. The molecular weight excluding hydrogens is 387 g/mol. The zero-order chi connectivity index (χ0) is 19.4. The van der Waals surface area contributed by atoms with E-state index in [9.17, 15) is 9.18 Å². The molecule has 2 aromatic rings. The first-order chi connectivity index (χ1) is 12.8. The van der Waals surface area contributed by atoms with Crippen LogP contribution in [0.5, 0.6) is 5.75 Å². The van der Waals surface area contributed by atoms with Gasteiger partial charge in [0, 0.05) is 17.3 Å². The van der Waals surface area contributed by atoms with Crippen molar-refractivity contribution in [2.45, 2.75) is 25.2 Å². The Kier molecular flexibility index (Phi) is 6.07. The monoisotopic (exact) mass is 406 g/mol. The van der Waals surface area contributed by atoms with Crippen molar-refractivity contribution in [1.29, 1.82) is 0 Å². The van der Waals surface area contributed by atoms with E-state index in [1.54, 1.807) is 49.1 Å². The van der Waals surface area contributed by atoms with Crippen LogP contribution in [0.2, 0.25) is 5.02 Å². The van der Waals surface area contributed by atoms with E-state index in [2.05, 4.69) is 4.99 Å². The molecule has 0 fully saturated rings. The van der Waals surface area contributed by atoms with E-state index in [4.69, 9.17) is 16.3 Å². The van der Waals surface area contributed by atoms with Crippen molar-refractivity contribution < 1.29 is 13.9 Å². The molecule has 0 atom stereocenters. The Morgan fingerprint density at radius 3 is 2.74 bits per heavy atom. The minimum absolute atomic E-state index is 0.166. The van der Waals surface area contributed by atoms with Crippen LogP contribution in [0.15, 0.2) is 53.5 Å². The molecule has 0 saturated carbocycles. The van der Waals surface area contributed by atoms with Gasteiger partial charge in [0.05, 0.1) is 6.54 Å². The van der Waals surface area contributed by atoms with Crippen molar-refractivity contribution in [3.63, 3.8) is 0 Å². The molecule has 4 nitrogen and oxygen atoms in total. The Labute approximate surface area is 167 Å². The molecule has 27 heavy (non-hydrogen) atoms. The maximum atomic E-state index is 13.3. The summed E-state index contributed by atoms with van der Waals surface area (Å²) in [5.74, 6) is 0.675. The number of thioether (sulfide) groups is 1. The van der Waals surface area contributed by atoms with E-state index in [1.807, 2.05) is 6.07 Å². The number of amidine groups is 1. The van der Waals surface area contributed by atoms with Crippen LogP contribution in [0, 0.1) is 5.82 Å². The molecule has 0 aliphatic carbocycles. The van der Waals surface area contributed by atoms with Gasteiger partial charge in [-0.1, -0.05) is 35.5 Å². The summed E-state index contributed by atoms with van der Waals surface area (Å²) < 4.78 is 19.2. The van der Waals surface area contributed by atoms with E-state index in [0.29, 0.717) is 34.8 Å². The number of halogens is 2. The molecule has 1 amide bonds. The fraction of sp³-hybridized carbons (Fsp3) is 0.300. The molecule has 0 radical (unpaired) electrons. The van der Waals surface area contributed by atoms with Crippen LogP contribution in [0.3, 0.4) is 0 Å². The predicted octanol–water partition coefficient (Wildman–Crippen LogP) is 4.77. The molecular formula is C20H20ClFN2O2S. The molecule has 0 spiro atoms. The molecule has 0 aromatic heterocycles. The number of rotatable bonds is 5. The Morgan fingerprint density at radius 2 is 2.04 bits per heavy atom. The first-order valence-electron chi connectivity index (χ1n) is 8.53. The summed E-state index contributed by atoms with van der Waals surface area (Å²) >= 11 is 7.31. The third-order valence-corrected chi connectivity index (χ3v) is 5.34. The number of benzene rings is 2. The quantitative estimate of drug-likeness (QED) is 0.718. The first-order valence-corrected chi connectivity index (χ1v) is 9.90. The van der Waals surface area contributed by atoms with Gasteiger partial charge in [0.15, 0.2) is 10.8 Å². The lowest BCUT2D eigenvalue weighted by Crippen LogP contribution is -2.49. The van der Waals surface area contributed by atoms with Gasteiger partial charge < -0.3 is 4.74 Å². The third-order valence-electron chi connectivity index (χ3n) is 4.01. The van der Waals surface area contributed by atoms with Crippen LogP contribution in [-0.2, 0) is 10.5 Å². The molecule has 1 aliphatic rings. The summed E-state index contributed by atoms with van der Waals surface area (Å²) in [6.45, 7) is 4.53. The predicted molar refractivity (Wildman–Crippen MR) is 108 cm³/mol. The highest BCUT2D eigenvalue weighted by atomic mass is 35.5. The number of ether oxygens (including phenoxy) is 1. The van der Waals surface area contributed by atoms with Gasteiger partial charge >= 0.3 is 0 Å². The molecule has 2 aromatic carbocycles. The second-order valence-electron chi connectivity index (χ2n) is 6.61. The topological polar surface area (TPSA) is 41.9 Å². The highest BCUT2D eigenvalue weighted by Crippen LogP contribution is 2.26. The lowest BCUT2D eigenvalue weighted by molar-refractivity contribution is -0.140. The summed E-state index contributed by atoms with van der Waals surface area (Å²) in [6, 6.07) is 13.3. The van der Waals surface area contributed by atoms with Crippen molar-refractivity contribution in [3.8, 4) is 5.75 Å². The molecule has 7 heteroatoms. The average molecular weight is 407 g/mol. The summed E-state index contributed by atoms with van der Waals surface area (Å²) in [7, 11) is 0. The van der Waals surface area contributed by atoms with E-state index in [0.717, 1.165) is 5.56 Å². The molecule has 3 rings (SSSR count). The second kappa shape index (κ2) is 8.31. The lowest BCUT2D eigenvalue weighted by atomic mass is 10.1. The zero-order valence-electron chi connectivity index (χ0n) is 15.1. The SMILES string of the molecule is CC(C)(Oc1ccc(Cl)cc1)C(=O)N1CCN=C1SCc1cccc(F)c1. The zero-order valence-corrected chi connectivity index (χ0v) is 16.7. The van der Waals surface area contributed by atoms with Gasteiger partial charge in [0.1, 0.15) is 11.6 Å². The molecule has 142 valence electrons. The minimum atomic E-state index is -1.06. The number of nitrogens with zero attached hydrogens (tertiary/aromatic N) is 2. The van der Waals surface area contributed by atoms with Gasteiger partial charge in [0.2, 0.25) is 0 Å². The van der Waals surface area contributed by atoms with Gasteiger partial charge in [-0.05, 0) is 55.8 Å². The number of carbonyl (C=O) groups excluding carboxylic acids is 1. The number of hydrogen-bond donors (Lipinski definition) is 0. The van der Waals surface area contributed by atoms with Gasteiger partial charge in [0.25, 0.3) is 5.91 Å². The molecule has 1 aliphatic heterocycles. The standard InChI is InChI=1S/C20H20ClFN2O2S/c1-20(2,26-17-8-6-15(21)7-9-17)18(25)24-11-10-23-19(24)27-13-14-4-3-5-16(22)12-14/h3-9,12H,10-11,13H2,1-2H3. The van der Waals surface area contributed by atoms with E-state index in [1.165, 1.54) is 23.9 Å². The van der Waals surface area contributed by atoms with Crippen LogP contribution in [0.25, 0.3) is 0 Å². The average Bonchev–Trinajstić information content (AvgIpc) is 3.09. The van der Waals surface area contributed by atoms with Gasteiger partial charge in [-0.15, -0.1) is 0 Å². The fourth-order valence-corrected chi connectivity index (χ4v) is 3.79. The molecule has 0 N–H and O–H groups in total. The van der Waals surface area contributed by atoms with Crippen LogP contribution in [0.1, 0.15) is 19.4 Å². The Bertz CT molecular complexity index is 855. The van der Waals surface area contributed by atoms with Crippen molar-refractivity contribution in [1.82, 2.24) is 4.90 Å². The van der Waals surface area contributed by atoms with Crippen LogP contribution in [-0.4, -0.2) is 34.7 Å². The summed E-state index contributed by atoms with van der Waals surface area (Å²) in [5, 5.41) is 1.24. The summed E-state index contributed by atoms with van der Waals surface area (Å²) in [6.07, 6.45) is 0. The maximum absolute atomic E-state index is 13.3. The number of carbonyl (C=O) groups is 1. The van der Waals surface area contributed by atoms with Crippen molar-refractivity contribution in [2.75, 3.05) is 13.1 Å². The molecule has 0 saturated heterocycles. The van der Waals surface area contributed by atoms with E-state index < -0.39 is 5.60 Å².